The predicted octanol–water partition coefficient (Wildman–Crippen LogP) is 1.44. The number of hydrogen-bond donors (Lipinski definition) is 1. The molecular formula is C20H27N3O3. The molecule has 1 spiro atoms. The highest BCUT2D eigenvalue weighted by Gasteiger charge is 2.42. The Hall–Kier alpha value is -2.08. The van der Waals surface area contributed by atoms with Gasteiger partial charge in [0.25, 0.3) is 5.91 Å². The van der Waals surface area contributed by atoms with Crippen LogP contribution in [0.4, 0.5) is 0 Å². The van der Waals surface area contributed by atoms with Crippen LogP contribution in [0.3, 0.4) is 0 Å². The van der Waals surface area contributed by atoms with E-state index >= 15 is 0 Å². The van der Waals surface area contributed by atoms with Crippen molar-refractivity contribution in [2.24, 2.45) is 0 Å². The third-order valence-electron chi connectivity index (χ3n) is 6.17. The smallest absolute Gasteiger partial charge is 0.253 e. The van der Waals surface area contributed by atoms with Crippen LogP contribution in [0.25, 0.3) is 0 Å². The van der Waals surface area contributed by atoms with E-state index in [1.807, 2.05) is 23.1 Å². The van der Waals surface area contributed by atoms with E-state index in [1.165, 1.54) is 0 Å². The van der Waals surface area contributed by atoms with E-state index in [0.29, 0.717) is 19.5 Å². The molecule has 1 aromatic carbocycles. The van der Waals surface area contributed by atoms with Crippen molar-refractivity contribution in [2.45, 2.75) is 37.6 Å². The van der Waals surface area contributed by atoms with E-state index in [0.717, 1.165) is 62.3 Å². The standard InChI is InChI=1S/C20H27N3O3/c1-22-10-11-23(14-20(22)7-6-18(24)21-9-8-20)19(25)16-4-5-17-15(13-16)3-2-12-26-17/h4-5,13H,2-3,6-12,14H2,1H3,(H,21,24)/t20-/m0/s1. The van der Waals surface area contributed by atoms with Crippen LogP contribution in [0.1, 0.15) is 41.6 Å². The first kappa shape index (κ1) is 17.3. The summed E-state index contributed by atoms with van der Waals surface area (Å²) in [5, 5.41) is 2.96. The van der Waals surface area contributed by atoms with Crippen LogP contribution in [0, 0.1) is 0 Å². The average Bonchev–Trinajstić information content (AvgIpc) is 2.85. The number of fused-ring (bicyclic) bond motifs is 1. The Morgan fingerprint density at radius 2 is 2.12 bits per heavy atom. The largest absolute Gasteiger partial charge is 0.493 e. The second-order valence-electron chi connectivity index (χ2n) is 7.75. The number of rotatable bonds is 1. The number of benzene rings is 1. The van der Waals surface area contributed by atoms with Gasteiger partial charge < -0.3 is 15.0 Å². The number of aryl methyl sites for hydroxylation is 1. The van der Waals surface area contributed by atoms with Crippen molar-refractivity contribution in [1.29, 1.82) is 0 Å². The van der Waals surface area contributed by atoms with E-state index in [4.69, 9.17) is 4.74 Å². The average molecular weight is 357 g/mol. The molecule has 0 saturated carbocycles. The van der Waals surface area contributed by atoms with Crippen LogP contribution >= 0.6 is 0 Å². The van der Waals surface area contributed by atoms with Gasteiger partial charge in [0.05, 0.1) is 6.61 Å². The molecule has 6 heteroatoms. The Labute approximate surface area is 154 Å². The summed E-state index contributed by atoms with van der Waals surface area (Å²) in [6, 6.07) is 5.82. The number of piperazine rings is 1. The van der Waals surface area contributed by atoms with Gasteiger partial charge in [-0.1, -0.05) is 0 Å². The second kappa shape index (κ2) is 6.91. The van der Waals surface area contributed by atoms with Gasteiger partial charge in [-0.2, -0.15) is 0 Å². The SMILES string of the molecule is CN1CCN(C(=O)c2ccc3c(c2)CCCO3)C[C@]12CCNC(=O)CC2. The Morgan fingerprint density at radius 1 is 1.23 bits per heavy atom. The Kier molecular flexibility index (Phi) is 4.61. The van der Waals surface area contributed by atoms with Gasteiger partial charge in [-0.3, -0.25) is 14.5 Å². The van der Waals surface area contributed by atoms with Gasteiger partial charge in [0.2, 0.25) is 5.91 Å². The zero-order chi connectivity index (χ0) is 18.1. The number of nitrogens with zero attached hydrogens (tertiary/aromatic N) is 2. The van der Waals surface area contributed by atoms with Crippen molar-refractivity contribution in [3.05, 3.63) is 29.3 Å². The molecule has 6 nitrogen and oxygen atoms in total. The molecule has 1 N–H and O–H groups in total. The van der Waals surface area contributed by atoms with Crippen molar-refractivity contribution in [3.8, 4) is 5.75 Å². The number of carbonyl (C=O) groups excluding carboxylic acids is 2. The molecule has 3 aliphatic rings. The van der Waals surface area contributed by atoms with Crippen molar-refractivity contribution in [3.63, 3.8) is 0 Å². The van der Waals surface area contributed by atoms with Crippen molar-refractivity contribution >= 4 is 11.8 Å². The highest BCUT2D eigenvalue weighted by molar-refractivity contribution is 5.94. The first-order valence-electron chi connectivity index (χ1n) is 9.60. The zero-order valence-corrected chi connectivity index (χ0v) is 15.4. The molecule has 2 amide bonds. The molecule has 3 heterocycles. The van der Waals surface area contributed by atoms with Crippen LogP contribution in [0.5, 0.6) is 5.75 Å². The molecule has 0 unspecified atom stereocenters. The minimum atomic E-state index is -0.107. The molecule has 26 heavy (non-hydrogen) atoms. The molecule has 2 saturated heterocycles. The quantitative estimate of drug-likeness (QED) is 0.826. The molecular weight excluding hydrogens is 330 g/mol. The van der Waals surface area contributed by atoms with Gasteiger partial charge in [0, 0.05) is 43.7 Å². The summed E-state index contributed by atoms with van der Waals surface area (Å²) in [6.07, 6.45) is 4.19. The number of nitrogens with one attached hydrogen (secondary N) is 1. The summed E-state index contributed by atoms with van der Waals surface area (Å²) in [5.74, 6) is 1.12. The number of likely N-dealkylation sites (N-methyl/N-ethyl adjacent to an activating group) is 1. The van der Waals surface area contributed by atoms with Crippen LogP contribution < -0.4 is 10.1 Å². The van der Waals surface area contributed by atoms with E-state index < -0.39 is 0 Å². The molecule has 3 aliphatic heterocycles. The molecule has 0 bridgehead atoms. The normalized spacial score (nSPS) is 26.7. The molecule has 0 aliphatic carbocycles. The summed E-state index contributed by atoms with van der Waals surface area (Å²) in [6.45, 7) is 3.69. The molecule has 1 aromatic rings. The maximum atomic E-state index is 13.2. The Morgan fingerprint density at radius 3 is 3.00 bits per heavy atom. The summed E-state index contributed by atoms with van der Waals surface area (Å²) >= 11 is 0. The van der Waals surface area contributed by atoms with Crippen molar-refractivity contribution in [2.75, 3.05) is 39.8 Å². The maximum Gasteiger partial charge on any atom is 0.253 e. The number of carbonyl (C=O) groups is 2. The molecule has 0 aromatic heterocycles. The molecule has 140 valence electrons. The van der Waals surface area contributed by atoms with Gasteiger partial charge in [0.15, 0.2) is 0 Å². The first-order chi connectivity index (χ1) is 12.6. The predicted molar refractivity (Wildman–Crippen MR) is 98.4 cm³/mol. The summed E-state index contributed by atoms with van der Waals surface area (Å²) in [5.41, 5.74) is 1.77. The minimum Gasteiger partial charge on any atom is -0.493 e. The van der Waals surface area contributed by atoms with Gasteiger partial charge in [-0.15, -0.1) is 0 Å². The van der Waals surface area contributed by atoms with E-state index in [2.05, 4.69) is 17.3 Å². The Balaban J connectivity index is 1.54. The van der Waals surface area contributed by atoms with Crippen molar-refractivity contribution in [1.82, 2.24) is 15.1 Å². The van der Waals surface area contributed by atoms with Crippen LogP contribution in [0.2, 0.25) is 0 Å². The third-order valence-corrected chi connectivity index (χ3v) is 6.17. The highest BCUT2D eigenvalue weighted by atomic mass is 16.5. The van der Waals surface area contributed by atoms with Crippen LogP contribution in [-0.2, 0) is 11.2 Å². The molecule has 1 atom stereocenters. The fraction of sp³-hybridized carbons (Fsp3) is 0.600. The van der Waals surface area contributed by atoms with Crippen LogP contribution in [-0.4, -0.2) is 67.0 Å². The summed E-state index contributed by atoms with van der Waals surface area (Å²) in [7, 11) is 2.12. The topological polar surface area (TPSA) is 61.9 Å². The van der Waals surface area contributed by atoms with Gasteiger partial charge >= 0.3 is 0 Å². The lowest BCUT2D eigenvalue weighted by Crippen LogP contribution is -2.62. The van der Waals surface area contributed by atoms with Crippen molar-refractivity contribution < 1.29 is 14.3 Å². The minimum absolute atomic E-state index is 0.0920. The maximum absolute atomic E-state index is 13.2. The monoisotopic (exact) mass is 357 g/mol. The lowest BCUT2D eigenvalue weighted by Gasteiger charge is -2.49. The summed E-state index contributed by atoms with van der Waals surface area (Å²) in [4.78, 5) is 29.2. The van der Waals surface area contributed by atoms with Crippen LogP contribution in [0.15, 0.2) is 18.2 Å². The molecule has 2 fully saturated rings. The second-order valence-corrected chi connectivity index (χ2v) is 7.75. The third kappa shape index (κ3) is 3.18. The van der Waals surface area contributed by atoms with E-state index in [1.54, 1.807) is 0 Å². The van der Waals surface area contributed by atoms with Gasteiger partial charge in [-0.05, 0) is 56.5 Å². The number of ether oxygens (including phenoxy) is 1. The van der Waals surface area contributed by atoms with E-state index in [-0.39, 0.29) is 17.4 Å². The lowest BCUT2D eigenvalue weighted by molar-refractivity contribution is -0.121. The molecule has 0 radical (unpaired) electrons. The zero-order valence-electron chi connectivity index (χ0n) is 15.4. The van der Waals surface area contributed by atoms with Gasteiger partial charge in [-0.25, -0.2) is 0 Å². The fourth-order valence-corrected chi connectivity index (χ4v) is 4.45. The number of hydrogen-bond acceptors (Lipinski definition) is 4. The van der Waals surface area contributed by atoms with E-state index in [9.17, 15) is 9.59 Å². The molecule has 4 rings (SSSR count). The fourth-order valence-electron chi connectivity index (χ4n) is 4.45. The summed E-state index contributed by atoms with van der Waals surface area (Å²) < 4.78 is 5.66. The first-order valence-corrected chi connectivity index (χ1v) is 9.60. The number of amides is 2. The highest BCUT2D eigenvalue weighted by Crippen LogP contribution is 2.32. The van der Waals surface area contributed by atoms with Gasteiger partial charge in [0.1, 0.15) is 5.75 Å². The Bertz CT molecular complexity index is 720. The lowest BCUT2D eigenvalue weighted by atomic mass is 9.86.